The lowest BCUT2D eigenvalue weighted by molar-refractivity contribution is -0.115. The summed E-state index contributed by atoms with van der Waals surface area (Å²) in [6.45, 7) is 1.93. The fourth-order valence-electron chi connectivity index (χ4n) is 4.62. The van der Waals surface area contributed by atoms with Gasteiger partial charge in [-0.2, -0.15) is 5.10 Å². The third kappa shape index (κ3) is 4.35. The molecule has 11 heteroatoms. The van der Waals surface area contributed by atoms with Crippen molar-refractivity contribution in [1.29, 1.82) is 0 Å². The number of imidazole rings is 2. The van der Waals surface area contributed by atoms with Crippen LogP contribution >= 0.6 is 0 Å². The van der Waals surface area contributed by atoms with Crippen LogP contribution in [0.2, 0.25) is 0 Å². The first kappa shape index (κ1) is 23.4. The number of carbonyl (C=O) groups excluding carboxylic acids is 1. The number of hydrogen-bond acceptors (Lipinski definition) is 7. The number of aryl methyl sites for hydroxylation is 1. The molecule has 0 saturated heterocycles. The second-order valence-corrected chi connectivity index (χ2v) is 9.38. The maximum Gasteiger partial charge on any atom is 0.228 e. The van der Waals surface area contributed by atoms with Gasteiger partial charge in [-0.3, -0.25) is 19.4 Å². The number of hydrogen-bond donors (Lipinski definition) is 3. The van der Waals surface area contributed by atoms with Crippen molar-refractivity contribution in [2.45, 2.75) is 13.3 Å². The van der Waals surface area contributed by atoms with Crippen LogP contribution in [0.15, 0.2) is 85.7 Å². The Kier molecular flexibility index (Phi) is 5.59. The smallest absolute Gasteiger partial charge is 0.228 e. The molecular weight excluding hydrogens is 504 g/mol. The highest BCUT2D eigenvalue weighted by Gasteiger charge is 2.18. The Balaban J connectivity index is 1.21. The van der Waals surface area contributed by atoms with Gasteiger partial charge in [-0.05, 0) is 36.8 Å². The number of anilines is 1. The zero-order chi connectivity index (χ0) is 27.1. The summed E-state index contributed by atoms with van der Waals surface area (Å²) >= 11 is 0. The Morgan fingerprint density at radius 1 is 0.975 bits per heavy atom. The second kappa shape index (κ2) is 9.55. The van der Waals surface area contributed by atoms with E-state index in [9.17, 15) is 4.79 Å². The SMILES string of the molecule is Cc1cn(-c2nccc3[nH]c(-c4n[nH]c5ccc(-c6cncc(NC(=O)Cc7ccccc7)c6)nc45)nc23)cn1. The predicted octanol–water partition coefficient (Wildman–Crippen LogP) is 4.63. The number of benzene rings is 1. The van der Waals surface area contributed by atoms with Gasteiger partial charge in [0.25, 0.3) is 0 Å². The second-order valence-electron chi connectivity index (χ2n) is 9.38. The number of aromatic amines is 2. The number of pyridine rings is 3. The van der Waals surface area contributed by atoms with E-state index < -0.39 is 0 Å². The van der Waals surface area contributed by atoms with E-state index in [4.69, 9.17) is 9.97 Å². The first-order valence-corrected chi connectivity index (χ1v) is 12.6. The minimum absolute atomic E-state index is 0.115. The molecule has 0 aliphatic carbocycles. The van der Waals surface area contributed by atoms with Crippen molar-refractivity contribution in [3.05, 3.63) is 97.0 Å². The summed E-state index contributed by atoms with van der Waals surface area (Å²) in [6.07, 6.45) is 8.97. The van der Waals surface area contributed by atoms with E-state index >= 15 is 0 Å². The molecule has 1 aromatic carbocycles. The topological polar surface area (TPSA) is 143 Å². The number of amides is 1. The number of aromatic nitrogens is 9. The zero-order valence-corrected chi connectivity index (χ0v) is 21.3. The van der Waals surface area contributed by atoms with Gasteiger partial charge in [0.15, 0.2) is 17.3 Å². The molecule has 0 aliphatic heterocycles. The molecule has 194 valence electrons. The highest BCUT2D eigenvalue weighted by molar-refractivity contribution is 5.94. The van der Waals surface area contributed by atoms with E-state index in [1.165, 1.54) is 0 Å². The van der Waals surface area contributed by atoms with Crippen LogP contribution in [0.1, 0.15) is 11.3 Å². The van der Waals surface area contributed by atoms with Crippen LogP contribution in [0.3, 0.4) is 0 Å². The van der Waals surface area contributed by atoms with E-state index in [-0.39, 0.29) is 12.3 Å². The molecule has 0 radical (unpaired) electrons. The summed E-state index contributed by atoms with van der Waals surface area (Å²) in [4.78, 5) is 38.8. The summed E-state index contributed by atoms with van der Waals surface area (Å²) in [5.74, 6) is 1.12. The lowest BCUT2D eigenvalue weighted by Crippen LogP contribution is -2.14. The van der Waals surface area contributed by atoms with E-state index in [0.717, 1.165) is 27.9 Å². The number of fused-ring (bicyclic) bond motifs is 2. The number of carbonyl (C=O) groups is 1. The number of rotatable bonds is 6. The van der Waals surface area contributed by atoms with Gasteiger partial charge in [-0.25, -0.2) is 19.9 Å². The van der Waals surface area contributed by atoms with Gasteiger partial charge < -0.3 is 10.3 Å². The Labute approximate surface area is 227 Å². The number of nitrogens with zero attached hydrogens (tertiary/aromatic N) is 7. The maximum atomic E-state index is 12.6. The first-order chi connectivity index (χ1) is 19.6. The first-order valence-electron chi connectivity index (χ1n) is 12.6. The molecule has 0 aliphatic rings. The Morgan fingerprint density at radius 2 is 1.88 bits per heavy atom. The fraction of sp³-hybridized carbons (Fsp3) is 0.0690. The number of H-pyrrole nitrogens is 2. The van der Waals surface area contributed by atoms with Crippen LogP contribution in [-0.4, -0.2) is 50.6 Å². The summed E-state index contributed by atoms with van der Waals surface area (Å²) in [5.41, 5.74) is 7.41. The van der Waals surface area contributed by atoms with Crippen molar-refractivity contribution in [3.63, 3.8) is 0 Å². The van der Waals surface area contributed by atoms with Crippen LogP contribution in [0, 0.1) is 6.92 Å². The molecule has 6 aromatic heterocycles. The Hall–Kier alpha value is -5.71. The van der Waals surface area contributed by atoms with E-state index in [1.807, 2.05) is 72.3 Å². The minimum atomic E-state index is -0.115. The summed E-state index contributed by atoms with van der Waals surface area (Å²) < 4.78 is 1.85. The minimum Gasteiger partial charge on any atom is -0.336 e. The molecule has 0 unspecified atom stereocenters. The summed E-state index contributed by atoms with van der Waals surface area (Å²) in [6, 6.07) is 17.1. The average Bonchev–Trinajstić information content (AvgIpc) is 3.71. The van der Waals surface area contributed by atoms with Gasteiger partial charge in [0.2, 0.25) is 5.91 Å². The van der Waals surface area contributed by atoms with Gasteiger partial charge in [0.05, 0.1) is 40.7 Å². The molecule has 1 amide bonds. The van der Waals surface area contributed by atoms with Gasteiger partial charge in [0, 0.05) is 24.2 Å². The quantitative estimate of drug-likeness (QED) is 0.287. The van der Waals surface area contributed by atoms with Crippen molar-refractivity contribution in [2.75, 3.05) is 5.32 Å². The van der Waals surface area contributed by atoms with Crippen LogP contribution in [0.25, 0.3) is 50.7 Å². The van der Waals surface area contributed by atoms with E-state index in [1.54, 1.807) is 24.9 Å². The molecule has 0 saturated carbocycles. The lowest BCUT2D eigenvalue weighted by atomic mass is 10.1. The van der Waals surface area contributed by atoms with E-state index in [0.29, 0.717) is 39.8 Å². The molecule has 11 nitrogen and oxygen atoms in total. The maximum absolute atomic E-state index is 12.6. The van der Waals surface area contributed by atoms with Crippen LogP contribution in [0.4, 0.5) is 5.69 Å². The molecule has 7 aromatic rings. The van der Waals surface area contributed by atoms with Crippen molar-refractivity contribution in [3.8, 4) is 28.6 Å². The largest absolute Gasteiger partial charge is 0.336 e. The van der Waals surface area contributed by atoms with Crippen LogP contribution in [0.5, 0.6) is 0 Å². The summed E-state index contributed by atoms with van der Waals surface area (Å²) in [7, 11) is 0. The standard InChI is InChI=1S/C29H22N10O/c1-17-15-39(16-32-17)29-26-22(9-10-31-29)35-28(36-26)27-25-23(37-38-27)8-7-21(34-25)19-12-20(14-30-13-19)33-24(40)11-18-5-3-2-4-6-18/h2-10,12-16H,11H2,1H3,(H,33,40)(H,35,36)(H,37,38). The predicted molar refractivity (Wildman–Crippen MR) is 151 cm³/mol. The summed E-state index contributed by atoms with van der Waals surface area (Å²) in [5, 5.41) is 10.5. The van der Waals surface area contributed by atoms with Gasteiger partial charge in [0.1, 0.15) is 17.4 Å². The van der Waals surface area contributed by atoms with Crippen molar-refractivity contribution >= 4 is 33.7 Å². The van der Waals surface area contributed by atoms with Gasteiger partial charge in [-0.15, -0.1) is 0 Å². The molecule has 0 spiro atoms. The third-order valence-corrected chi connectivity index (χ3v) is 6.50. The monoisotopic (exact) mass is 526 g/mol. The lowest BCUT2D eigenvalue weighted by Gasteiger charge is -2.07. The molecular formula is C29H22N10O. The Bertz CT molecular complexity index is 2000. The van der Waals surface area contributed by atoms with Gasteiger partial charge in [-0.1, -0.05) is 30.3 Å². The Morgan fingerprint density at radius 3 is 2.73 bits per heavy atom. The number of nitrogens with one attached hydrogen (secondary N) is 3. The van der Waals surface area contributed by atoms with Crippen LogP contribution in [-0.2, 0) is 11.2 Å². The highest BCUT2D eigenvalue weighted by Crippen LogP contribution is 2.29. The molecule has 40 heavy (non-hydrogen) atoms. The highest BCUT2D eigenvalue weighted by atomic mass is 16.1. The van der Waals surface area contributed by atoms with Crippen molar-refractivity contribution in [1.82, 2.24) is 44.7 Å². The van der Waals surface area contributed by atoms with E-state index in [2.05, 4.69) is 35.5 Å². The molecule has 0 bridgehead atoms. The third-order valence-electron chi connectivity index (χ3n) is 6.50. The molecule has 3 N–H and O–H groups in total. The normalized spacial score (nSPS) is 11.3. The molecule has 6 heterocycles. The average molecular weight is 527 g/mol. The fourth-order valence-corrected chi connectivity index (χ4v) is 4.62. The molecule has 0 fully saturated rings. The van der Waals surface area contributed by atoms with Crippen molar-refractivity contribution < 1.29 is 4.79 Å². The van der Waals surface area contributed by atoms with Crippen molar-refractivity contribution in [2.24, 2.45) is 0 Å². The van der Waals surface area contributed by atoms with Gasteiger partial charge >= 0.3 is 0 Å². The molecule has 0 atom stereocenters. The van der Waals surface area contributed by atoms with Crippen LogP contribution < -0.4 is 5.32 Å². The molecule has 7 rings (SSSR count). The zero-order valence-electron chi connectivity index (χ0n) is 21.3.